The zero-order valence-corrected chi connectivity index (χ0v) is 16.0. The van der Waals surface area contributed by atoms with E-state index in [1.54, 1.807) is 11.8 Å². The molecule has 2 aliphatic heterocycles. The molecule has 2 aromatic rings. The Morgan fingerprint density at radius 3 is 2.58 bits per heavy atom. The first-order chi connectivity index (χ1) is 12.7. The van der Waals surface area contributed by atoms with Gasteiger partial charge in [-0.1, -0.05) is 41.9 Å². The van der Waals surface area contributed by atoms with E-state index in [0.29, 0.717) is 0 Å². The average Bonchev–Trinajstić information content (AvgIpc) is 3.28. The zero-order valence-electron chi connectivity index (χ0n) is 14.4. The van der Waals surface area contributed by atoms with Gasteiger partial charge in [0.15, 0.2) is 0 Å². The Balaban J connectivity index is 1.37. The molecule has 2 aliphatic rings. The maximum absolute atomic E-state index is 6.22. The van der Waals surface area contributed by atoms with Crippen molar-refractivity contribution in [2.24, 2.45) is 5.92 Å². The molecule has 0 aliphatic carbocycles. The van der Waals surface area contributed by atoms with Crippen LogP contribution in [-0.2, 0) is 9.57 Å². The van der Waals surface area contributed by atoms with Crippen molar-refractivity contribution < 1.29 is 9.57 Å². The largest absolute Gasteiger partial charge is 0.341 e. The number of hydrazine groups is 1. The van der Waals surface area contributed by atoms with E-state index in [-0.39, 0.29) is 30.5 Å². The Bertz CT molecular complexity index is 718. The van der Waals surface area contributed by atoms with Crippen LogP contribution < -0.4 is 16.3 Å². The number of hydroxylamine groups is 1. The van der Waals surface area contributed by atoms with Crippen LogP contribution in [-0.4, -0.2) is 24.3 Å². The SMILES string of the molecule is CC1ONC(c2ccccc2)C1C1NNC(CSc2ccc(Cl)cc2)O1. The molecule has 5 atom stereocenters. The average molecular weight is 392 g/mol. The minimum Gasteiger partial charge on any atom is -0.341 e. The summed E-state index contributed by atoms with van der Waals surface area (Å²) in [7, 11) is 0. The lowest BCUT2D eigenvalue weighted by Gasteiger charge is -2.25. The minimum absolute atomic E-state index is 0.0437. The monoisotopic (exact) mass is 391 g/mol. The Morgan fingerprint density at radius 2 is 1.81 bits per heavy atom. The number of nitrogens with one attached hydrogen (secondary N) is 3. The van der Waals surface area contributed by atoms with E-state index in [1.165, 1.54) is 10.5 Å². The summed E-state index contributed by atoms with van der Waals surface area (Å²) in [5.41, 5.74) is 10.9. The van der Waals surface area contributed by atoms with E-state index in [4.69, 9.17) is 21.2 Å². The Morgan fingerprint density at radius 1 is 1.04 bits per heavy atom. The second-order valence-corrected chi connectivity index (χ2v) is 8.04. The predicted octanol–water partition coefficient (Wildman–Crippen LogP) is 3.49. The van der Waals surface area contributed by atoms with E-state index >= 15 is 0 Å². The van der Waals surface area contributed by atoms with Crippen LogP contribution in [0.2, 0.25) is 5.02 Å². The molecule has 2 saturated heterocycles. The Hall–Kier alpha value is -1.12. The van der Waals surface area contributed by atoms with Gasteiger partial charge in [0.25, 0.3) is 0 Å². The molecule has 2 fully saturated rings. The van der Waals surface area contributed by atoms with Crippen LogP contribution >= 0.6 is 23.4 Å². The molecular formula is C19H22ClN3O2S. The van der Waals surface area contributed by atoms with Gasteiger partial charge in [-0.2, -0.15) is 5.48 Å². The van der Waals surface area contributed by atoms with Crippen molar-refractivity contribution in [1.82, 2.24) is 16.3 Å². The fraction of sp³-hybridized carbons (Fsp3) is 0.368. The van der Waals surface area contributed by atoms with Gasteiger partial charge in [0.2, 0.25) is 0 Å². The van der Waals surface area contributed by atoms with E-state index in [9.17, 15) is 0 Å². The maximum atomic E-state index is 6.22. The fourth-order valence-electron chi connectivity index (χ4n) is 3.37. The first-order valence-corrected chi connectivity index (χ1v) is 10.1. The van der Waals surface area contributed by atoms with Crippen LogP contribution in [0.25, 0.3) is 0 Å². The highest BCUT2D eigenvalue weighted by molar-refractivity contribution is 7.99. The summed E-state index contributed by atoms with van der Waals surface area (Å²) < 4.78 is 6.22. The van der Waals surface area contributed by atoms with Crippen LogP contribution in [0.5, 0.6) is 0 Å². The van der Waals surface area contributed by atoms with Gasteiger partial charge in [0.1, 0.15) is 12.5 Å². The lowest BCUT2D eigenvalue weighted by molar-refractivity contribution is -0.0220. The predicted molar refractivity (Wildman–Crippen MR) is 103 cm³/mol. The highest BCUT2D eigenvalue weighted by atomic mass is 35.5. The molecule has 0 radical (unpaired) electrons. The molecule has 2 aromatic carbocycles. The molecule has 0 saturated carbocycles. The van der Waals surface area contributed by atoms with Crippen molar-refractivity contribution in [3.63, 3.8) is 0 Å². The standard InChI is InChI=1S/C19H22ClN3O2S/c1-12-17(18(23-25-12)13-5-3-2-4-6-13)19-22-21-16(24-19)11-26-15-9-7-14(20)8-10-15/h2-10,12,16-19,21-23H,11H2,1H3. The van der Waals surface area contributed by atoms with Gasteiger partial charge in [0.05, 0.1) is 12.1 Å². The maximum Gasteiger partial charge on any atom is 0.132 e. The fourth-order valence-corrected chi connectivity index (χ4v) is 4.33. The van der Waals surface area contributed by atoms with Crippen molar-refractivity contribution in [3.8, 4) is 0 Å². The van der Waals surface area contributed by atoms with Crippen LogP contribution in [0, 0.1) is 5.92 Å². The molecule has 4 rings (SSSR count). The first kappa shape index (κ1) is 18.3. The summed E-state index contributed by atoms with van der Waals surface area (Å²) in [6, 6.07) is 18.3. The molecule has 0 spiro atoms. The molecule has 138 valence electrons. The summed E-state index contributed by atoms with van der Waals surface area (Å²) >= 11 is 7.67. The molecule has 0 bridgehead atoms. The lowest BCUT2D eigenvalue weighted by atomic mass is 9.89. The number of thioether (sulfide) groups is 1. The zero-order chi connectivity index (χ0) is 17.9. The number of hydrogen-bond donors (Lipinski definition) is 3. The van der Waals surface area contributed by atoms with Crippen molar-refractivity contribution >= 4 is 23.4 Å². The first-order valence-electron chi connectivity index (χ1n) is 8.72. The van der Waals surface area contributed by atoms with Gasteiger partial charge in [0, 0.05) is 21.6 Å². The van der Waals surface area contributed by atoms with E-state index in [2.05, 4.69) is 35.4 Å². The number of ether oxygens (including phenoxy) is 1. The summed E-state index contributed by atoms with van der Waals surface area (Å²) in [5, 5.41) is 0.751. The van der Waals surface area contributed by atoms with Crippen molar-refractivity contribution in [2.75, 3.05) is 5.75 Å². The molecule has 26 heavy (non-hydrogen) atoms. The number of hydrogen-bond acceptors (Lipinski definition) is 6. The number of rotatable bonds is 5. The van der Waals surface area contributed by atoms with Crippen LogP contribution in [0.3, 0.4) is 0 Å². The molecule has 3 N–H and O–H groups in total. The summed E-state index contributed by atoms with van der Waals surface area (Å²) in [6.45, 7) is 2.07. The van der Waals surface area contributed by atoms with E-state index in [0.717, 1.165) is 10.8 Å². The van der Waals surface area contributed by atoms with Crippen LogP contribution in [0.15, 0.2) is 59.5 Å². The number of halogens is 1. The third-order valence-corrected chi connectivity index (χ3v) is 6.06. The van der Waals surface area contributed by atoms with E-state index in [1.807, 2.05) is 42.5 Å². The topological polar surface area (TPSA) is 54.5 Å². The van der Waals surface area contributed by atoms with Gasteiger partial charge in [-0.25, -0.2) is 10.9 Å². The normalized spacial score (nSPS) is 31.4. The minimum atomic E-state index is -0.124. The smallest absolute Gasteiger partial charge is 0.132 e. The Labute approximate surface area is 162 Å². The van der Waals surface area contributed by atoms with Gasteiger partial charge in [-0.3, -0.25) is 4.84 Å². The van der Waals surface area contributed by atoms with Gasteiger partial charge >= 0.3 is 0 Å². The molecule has 0 aromatic heterocycles. The highest BCUT2D eigenvalue weighted by Gasteiger charge is 2.44. The highest BCUT2D eigenvalue weighted by Crippen LogP contribution is 2.36. The van der Waals surface area contributed by atoms with Crippen molar-refractivity contribution in [3.05, 3.63) is 65.2 Å². The molecule has 0 amide bonds. The number of benzene rings is 2. The summed E-state index contributed by atoms with van der Waals surface area (Å²) in [4.78, 5) is 6.88. The molecule has 5 nitrogen and oxygen atoms in total. The van der Waals surface area contributed by atoms with Gasteiger partial charge < -0.3 is 4.74 Å². The summed E-state index contributed by atoms with van der Waals surface area (Å²) in [5.74, 6) is 0.965. The molecular weight excluding hydrogens is 370 g/mol. The third-order valence-electron chi connectivity index (χ3n) is 4.73. The third kappa shape index (κ3) is 4.07. The quantitative estimate of drug-likeness (QED) is 0.678. The molecule has 2 heterocycles. The molecule has 7 heteroatoms. The summed E-state index contributed by atoms with van der Waals surface area (Å²) in [6.07, 6.45) is -0.145. The van der Waals surface area contributed by atoms with Gasteiger partial charge in [-0.05, 0) is 36.8 Å². The van der Waals surface area contributed by atoms with Gasteiger partial charge in [-0.15, -0.1) is 11.8 Å². The van der Waals surface area contributed by atoms with Crippen molar-refractivity contribution in [1.29, 1.82) is 0 Å². The Kier molecular flexibility index (Phi) is 5.81. The van der Waals surface area contributed by atoms with Crippen LogP contribution in [0.4, 0.5) is 0 Å². The van der Waals surface area contributed by atoms with Crippen molar-refractivity contribution in [2.45, 2.75) is 36.4 Å². The van der Waals surface area contributed by atoms with E-state index < -0.39 is 0 Å². The lowest BCUT2D eigenvalue weighted by Crippen LogP contribution is -2.42. The molecule has 5 unspecified atom stereocenters. The van der Waals surface area contributed by atoms with Crippen LogP contribution in [0.1, 0.15) is 18.5 Å². The second-order valence-electron chi connectivity index (χ2n) is 6.51. The second kappa shape index (κ2) is 8.27.